The molecule has 34 heavy (non-hydrogen) atoms. The lowest BCUT2D eigenvalue weighted by Gasteiger charge is -2.33. The number of fused-ring (bicyclic) bond motifs is 3. The predicted octanol–water partition coefficient (Wildman–Crippen LogP) is 3.42. The van der Waals surface area contributed by atoms with Gasteiger partial charge in [-0.05, 0) is 28.2 Å². The minimum absolute atomic E-state index is 0.0231. The molecule has 1 aliphatic heterocycles. The first-order valence-corrected chi connectivity index (χ1v) is 11.2. The van der Waals surface area contributed by atoms with E-state index < -0.39 is 30.1 Å². The standard InChI is InChI=1S/C26H28N2O6/c1-16(2)23(24(29)28-12-13-33-15-22(28)25(30)32-3)27-26(31)34-14-21-19-10-6-4-8-17(19)18-9-5-7-11-20(18)21/h4-13,16,21-23H,14-15H2,1-3H3,(H,27,31)/t22-,23+/m1/s1. The first-order chi connectivity index (χ1) is 16.4. The number of benzene rings is 2. The monoisotopic (exact) mass is 464 g/mol. The Morgan fingerprint density at radius 2 is 1.68 bits per heavy atom. The minimum atomic E-state index is -0.923. The second kappa shape index (κ2) is 9.99. The van der Waals surface area contributed by atoms with Crippen LogP contribution in [0.25, 0.3) is 11.1 Å². The van der Waals surface area contributed by atoms with Crippen LogP contribution in [0.2, 0.25) is 0 Å². The molecule has 0 bridgehead atoms. The quantitative estimate of drug-likeness (QED) is 0.659. The Bertz CT molecular complexity index is 1070. The molecule has 4 rings (SSSR count). The number of alkyl carbamates (subject to hydrolysis) is 1. The Labute approximate surface area is 198 Å². The number of nitrogens with zero attached hydrogens (tertiary/aromatic N) is 1. The molecule has 8 heteroatoms. The van der Waals surface area contributed by atoms with Crippen molar-refractivity contribution in [1.82, 2.24) is 10.2 Å². The van der Waals surface area contributed by atoms with Crippen LogP contribution in [0, 0.1) is 5.92 Å². The van der Waals surface area contributed by atoms with Crippen LogP contribution in [0.4, 0.5) is 4.79 Å². The number of nitrogens with one attached hydrogen (secondary N) is 1. The van der Waals surface area contributed by atoms with Gasteiger partial charge in [0.05, 0.1) is 13.4 Å². The fourth-order valence-corrected chi connectivity index (χ4v) is 4.43. The van der Waals surface area contributed by atoms with Crippen molar-refractivity contribution in [2.45, 2.75) is 31.8 Å². The molecule has 1 heterocycles. The smallest absolute Gasteiger partial charge is 0.407 e. The lowest BCUT2D eigenvalue weighted by Crippen LogP contribution is -2.56. The number of carbonyl (C=O) groups excluding carboxylic acids is 3. The maximum atomic E-state index is 13.2. The first-order valence-electron chi connectivity index (χ1n) is 11.2. The Morgan fingerprint density at radius 1 is 1.06 bits per heavy atom. The van der Waals surface area contributed by atoms with Crippen LogP contribution in [0.15, 0.2) is 61.0 Å². The summed E-state index contributed by atoms with van der Waals surface area (Å²) in [5.41, 5.74) is 4.48. The zero-order chi connectivity index (χ0) is 24.2. The number of ether oxygens (including phenoxy) is 3. The number of esters is 1. The van der Waals surface area contributed by atoms with Crippen molar-refractivity contribution in [3.8, 4) is 11.1 Å². The summed E-state index contributed by atoms with van der Waals surface area (Å²) in [7, 11) is 1.25. The van der Waals surface area contributed by atoms with Crippen LogP contribution >= 0.6 is 0 Å². The second-order valence-corrected chi connectivity index (χ2v) is 8.59. The average Bonchev–Trinajstić information content (AvgIpc) is 3.18. The van der Waals surface area contributed by atoms with Crippen molar-refractivity contribution in [2.24, 2.45) is 5.92 Å². The molecule has 0 aromatic heterocycles. The van der Waals surface area contributed by atoms with Crippen molar-refractivity contribution in [2.75, 3.05) is 20.3 Å². The third kappa shape index (κ3) is 4.48. The molecule has 0 radical (unpaired) electrons. The number of methoxy groups -OCH3 is 1. The van der Waals surface area contributed by atoms with Crippen LogP contribution in [0.3, 0.4) is 0 Å². The van der Waals surface area contributed by atoms with E-state index in [0.29, 0.717) is 0 Å². The number of hydrogen-bond acceptors (Lipinski definition) is 6. The van der Waals surface area contributed by atoms with Crippen LogP contribution in [0.1, 0.15) is 30.9 Å². The summed E-state index contributed by atoms with van der Waals surface area (Å²) in [6.07, 6.45) is 2.02. The number of carbonyl (C=O) groups is 3. The first kappa shape index (κ1) is 23.4. The molecular weight excluding hydrogens is 436 g/mol. The molecule has 0 saturated heterocycles. The summed E-state index contributed by atoms with van der Waals surface area (Å²) in [4.78, 5) is 39.3. The Hall–Kier alpha value is -3.81. The van der Waals surface area contributed by atoms with Gasteiger partial charge in [-0.2, -0.15) is 0 Å². The summed E-state index contributed by atoms with van der Waals surface area (Å²) in [6, 6.07) is 14.3. The lowest BCUT2D eigenvalue weighted by molar-refractivity contribution is -0.154. The summed E-state index contributed by atoms with van der Waals surface area (Å²) >= 11 is 0. The molecule has 0 fully saturated rings. The van der Waals surface area contributed by atoms with Gasteiger partial charge in [0, 0.05) is 12.1 Å². The van der Waals surface area contributed by atoms with Crippen LogP contribution in [-0.2, 0) is 23.8 Å². The van der Waals surface area contributed by atoms with Gasteiger partial charge >= 0.3 is 12.1 Å². The van der Waals surface area contributed by atoms with Gasteiger partial charge in [0.25, 0.3) is 5.91 Å². The fourth-order valence-electron chi connectivity index (χ4n) is 4.43. The highest BCUT2D eigenvalue weighted by Crippen LogP contribution is 2.44. The van der Waals surface area contributed by atoms with E-state index in [4.69, 9.17) is 14.2 Å². The fraction of sp³-hybridized carbons (Fsp3) is 0.346. The van der Waals surface area contributed by atoms with E-state index in [1.54, 1.807) is 0 Å². The SMILES string of the molecule is COC(=O)[C@H]1COC=CN1C(=O)[C@@H](NC(=O)OCC1c2ccccc2-c2ccccc21)C(C)C. The van der Waals surface area contributed by atoms with Crippen molar-refractivity contribution < 1.29 is 28.6 Å². The summed E-state index contributed by atoms with van der Waals surface area (Å²) < 4.78 is 15.6. The van der Waals surface area contributed by atoms with E-state index in [2.05, 4.69) is 17.4 Å². The lowest BCUT2D eigenvalue weighted by atomic mass is 9.98. The van der Waals surface area contributed by atoms with E-state index in [1.807, 2.05) is 50.2 Å². The second-order valence-electron chi connectivity index (χ2n) is 8.59. The molecule has 178 valence electrons. The molecule has 8 nitrogen and oxygen atoms in total. The molecular formula is C26H28N2O6. The third-order valence-corrected chi connectivity index (χ3v) is 6.19. The summed E-state index contributed by atoms with van der Waals surface area (Å²) in [5, 5.41) is 2.68. The average molecular weight is 465 g/mol. The Kier molecular flexibility index (Phi) is 6.86. The van der Waals surface area contributed by atoms with Crippen molar-refractivity contribution >= 4 is 18.0 Å². The Balaban J connectivity index is 1.45. The van der Waals surface area contributed by atoms with Crippen molar-refractivity contribution in [1.29, 1.82) is 0 Å². The summed E-state index contributed by atoms with van der Waals surface area (Å²) in [6.45, 7) is 3.74. The van der Waals surface area contributed by atoms with Gasteiger partial charge in [0.1, 0.15) is 19.3 Å². The molecule has 0 spiro atoms. The van der Waals surface area contributed by atoms with Gasteiger partial charge in [-0.3, -0.25) is 9.69 Å². The van der Waals surface area contributed by atoms with E-state index in [-0.39, 0.29) is 25.0 Å². The zero-order valence-corrected chi connectivity index (χ0v) is 19.4. The molecule has 2 aliphatic rings. The highest BCUT2D eigenvalue weighted by molar-refractivity contribution is 5.91. The molecule has 0 unspecified atom stereocenters. The molecule has 2 amide bonds. The van der Waals surface area contributed by atoms with Crippen LogP contribution in [-0.4, -0.2) is 55.3 Å². The van der Waals surface area contributed by atoms with Gasteiger partial charge < -0.3 is 19.5 Å². The number of rotatable bonds is 6. The number of hydrogen-bond donors (Lipinski definition) is 1. The van der Waals surface area contributed by atoms with Crippen LogP contribution in [0.5, 0.6) is 0 Å². The topological polar surface area (TPSA) is 94.2 Å². The van der Waals surface area contributed by atoms with Gasteiger partial charge in [0.2, 0.25) is 0 Å². The molecule has 2 atom stereocenters. The highest BCUT2D eigenvalue weighted by atomic mass is 16.5. The van der Waals surface area contributed by atoms with Crippen LogP contribution < -0.4 is 5.32 Å². The molecule has 1 N–H and O–H groups in total. The van der Waals surface area contributed by atoms with E-state index in [1.165, 1.54) is 24.5 Å². The van der Waals surface area contributed by atoms with Gasteiger partial charge in [-0.1, -0.05) is 62.4 Å². The largest absolute Gasteiger partial charge is 0.497 e. The van der Waals surface area contributed by atoms with E-state index in [0.717, 1.165) is 22.3 Å². The van der Waals surface area contributed by atoms with E-state index in [9.17, 15) is 14.4 Å². The minimum Gasteiger partial charge on any atom is -0.497 e. The molecule has 0 saturated carbocycles. The van der Waals surface area contributed by atoms with Crippen molar-refractivity contribution in [3.63, 3.8) is 0 Å². The Morgan fingerprint density at radius 3 is 2.26 bits per heavy atom. The predicted molar refractivity (Wildman–Crippen MR) is 125 cm³/mol. The summed E-state index contributed by atoms with van der Waals surface area (Å²) in [5.74, 6) is -1.38. The van der Waals surface area contributed by atoms with Gasteiger partial charge in [0.15, 0.2) is 6.04 Å². The molecule has 1 aliphatic carbocycles. The van der Waals surface area contributed by atoms with Crippen molar-refractivity contribution in [3.05, 3.63) is 72.1 Å². The highest BCUT2D eigenvalue weighted by Gasteiger charge is 2.38. The molecule has 2 aromatic rings. The van der Waals surface area contributed by atoms with Gasteiger partial charge in [-0.25, -0.2) is 9.59 Å². The third-order valence-electron chi connectivity index (χ3n) is 6.19. The zero-order valence-electron chi connectivity index (χ0n) is 19.4. The van der Waals surface area contributed by atoms with Gasteiger partial charge in [-0.15, -0.1) is 0 Å². The maximum absolute atomic E-state index is 13.2. The van der Waals surface area contributed by atoms with E-state index >= 15 is 0 Å². The maximum Gasteiger partial charge on any atom is 0.407 e. The number of amides is 2. The normalized spacial score (nSPS) is 17.4. The molecule has 2 aromatic carbocycles.